The first-order chi connectivity index (χ1) is 15.7. The van der Waals surface area contributed by atoms with E-state index in [0.29, 0.717) is 23.2 Å². The molecule has 2 aromatic carbocycles. The fraction of sp³-hybridized carbons (Fsp3) is 0.160. The van der Waals surface area contributed by atoms with Gasteiger partial charge < -0.3 is 4.90 Å². The van der Waals surface area contributed by atoms with E-state index in [9.17, 15) is 9.59 Å². The molecule has 0 fully saturated rings. The van der Waals surface area contributed by atoms with Crippen LogP contribution in [-0.2, 0) is 17.8 Å². The number of aromatic nitrogens is 3. The number of hydrogen-bond donors (Lipinski definition) is 0. The number of hydrogen-bond acceptors (Lipinski definition) is 5. The minimum absolute atomic E-state index is 0.188. The van der Waals surface area contributed by atoms with Crippen LogP contribution in [0.5, 0.6) is 0 Å². The van der Waals surface area contributed by atoms with E-state index in [2.05, 4.69) is 16.2 Å². The molecule has 32 heavy (non-hydrogen) atoms. The van der Waals surface area contributed by atoms with Crippen molar-refractivity contribution in [2.45, 2.75) is 19.4 Å². The molecule has 0 aliphatic carbocycles. The number of anilines is 1. The Bertz CT molecular complexity index is 1330. The van der Waals surface area contributed by atoms with Crippen molar-refractivity contribution in [1.29, 1.82) is 5.26 Å². The highest BCUT2D eigenvalue weighted by Gasteiger charge is 2.19. The first-order valence-corrected chi connectivity index (χ1v) is 10.3. The topological polar surface area (TPSA) is 91.9 Å². The molecule has 0 saturated heterocycles. The van der Waals surface area contributed by atoms with Gasteiger partial charge in [-0.15, -0.1) is 0 Å². The number of carbonyl (C=O) groups is 1. The van der Waals surface area contributed by atoms with Gasteiger partial charge in [0.15, 0.2) is 0 Å². The van der Waals surface area contributed by atoms with Gasteiger partial charge in [0.2, 0.25) is 5.91 Å². The van der Waals surface area contributed by atoms with Crippen LogP contribution in [-0.4, -0.2) is 27.2 Å². The van der Waals surface area contributed by atoms with Gasteiger partial charge >= 0.3 is 0 Å². The Kier molecular flexibility index (Phi) is 6.33. The lowest BCUT2D eigenvalue weighted by molar-refractivity contribution is -0.119. The Hall–Kier alpha value is -4.31. The molecular weight excluding hydrogens is 402 g/mol. The van der Waals surface area contributed by atoms with Crippen molar-refractivity contribution in [3.63, 3.8) is 0 Å². The minimum Gasteiger partial charge on any atom is -0.310 e. The molecule has 4 rings (SSSR count). The zero-order chi connectivity index (χ0) is 22.3. The van der Waals surface area contributed by atoms with E-state index < -0.39 is 0 Å². The quantitative estimate of drug-likeness (QED) is 0.455. The summed E-state index contributed by atoms with van der Waals surface area (Å²) in [6, 6.07) is 22.3. The number of benzene rings is 2. The second-order valence-corrected chi connectivity index (χ2v) is 7.28. The largest absolute Gasteiger partial charge is 0.310 e. The van der Waals surface area contributed by atoms with E-state index in [1.807, 2.05) is 42.5 Å². The van der Waals surface area contributed by atoms with Crippen molar-refractivity contribution in [3.8, 4) is 6.07 Å². The smallest absolute Gasteiger partial charge is 0.275 e. The number of para-hydroxylation sites is 1. The standard InChI is InChI=1S/C25H21N5O2/c26-13-6-16-29(20-7-2-1-3-8-20)24(31)18-30-25(32)22-10-5-4-9-21(22)23(28-30)17-19-11-14-27-15-12-19/h1-5,7-12,14-15H,6,16-18H2. The van der Waals surface area contributed by atoms with Crippen LogP contribution in [0.25, 0.3) is 10.8 Å². The number of nitriles is 1. The summed E-state index contributed by atoms with van der Waals surface area (Å²) in [4.78, 5) is 31.9. The van der Waals surface area contributed by atoms with Crippen LogP contribution in [0.3, 0.4) is 0 Å². The third-order valence-electron chi connectivity index (χ3n) is 5.17. The summed E-state index contributed by atoms with van der Waals surface area (Å²) >= 11 is 0. The van der Waals surface area contributed by atoms with Crippen LogP contribution >= 0.6 is 0 Å². The fourth-order valence-electron chi connectivity index (χ4n) is 3.62. The van der Waals surface area contributed by atoms with Crippen molar-refractivity contribution < 1.29 is 4.79 Å². The van der Waals surface area contributed by atoms with E-state index in [0.717, 1.165) is 10.9 Å². The maximum atomic E-state index is 13.2. The molecule has 0 bridgehead atoms. The SMILES string of the molecule is N#CCCN(C(=O)Cn1nc(Cc2ccncc2)c2ccccc2c1=O)c1ccccc1. The molecule has 0 atom stereocenters. The number of nitrogens with zero attached hydrogens (tertiary/aromatic N) is 5. The van der Waals surface area contributed by atoms with Crippen molar-refractivity contribution >= 4 is 22.4 Å². The number of amides is 1. The summed E-state index contributed by atoms with van der Waals surface area (Å²) in [5.41, 5.74) is 2.08. The molecule has 1 amide bonds. The van der Waals surface area contributed by atoms with Crippen LogP contribution < -0.4 is 10.5 Å². The van der Waals surface area contributed by atoms with Gasteiger partial charge in [0.25, 0.3) is 5.56 Å². The van der Waals surface area contributed by atoms with E-state index in [-0.39, 0.29) is 31.0 Å². The van der Waals surface area contributed by atoms with E-state index >= 15 is 0 Å². The maximum absolute atomic E-state index is 13.2. The second kappa shape index (κ2) is 9.67. The van der Waals surface area contributed by atoms with E-state index in [4.69, 9.17) is 5.26 Å². The molecule has 4 aromatic rings. The summed E-state index contributed by atoms with van der Waals surface area (Å²) in [7, 11) is 0. The average Bonchev–Trinajstić information content (AvgIpc) is 2.83. The van der Waals surface area contributed by atoms with Crippen LogP contribution in [0.1, 0.15) is 17.7 Å². The van der Waals surface area contributed by atoms with Gasteiger partial charge in [-0.05, 0) is 35.9 Å². The predicted molar refractivity (Wildman–Crippen MR) is 122 cm³/mol. The number of fused-ring (bicyclic) bond motifs is 1. The summed E-state index contributed by atoms with van der Waals surface area (Å²) in [5.74, 6) is -0.300. The van der Waals surface area contributed by atoms with Crippen molar-refractivity contribution in [2.24, 2.45) is 0 Å². The molecule has 0 aliphatic rings. The summed E-state index contributed by atoms with van der Waals surface area (Å²) in [6.45, 7) is 0.0267. The van der Waals surface area contributed by atoms with Crippen LogP contribution in [0.15, 0.2) is 83.9 Å². The van der Waals surface area contributed by atoms with Gasteiger partial charge in [-0.2, -0.15) is 10.4 Å². The highest BCUT2D eigenvalue weighted by molar-refractivity contribution is 5.93. The molecule has 0 N–H and O–H groups in total. The average molecular weight is 423 g/mol. The third kappa shape index (κ3) is 4.55. The Morgan fingerprint density at radius 1 is 0.969 bits per heavy atom. The molecule has 0 unspecified atom stereocenters. The normalized spacial score (nSPS) is 10.6. The van der Waals surface area contributed by atoms with Crippen molar-refractivity contribution in [1.82, 2.24) is 14.8 Å². The molecule has 158 valence electrons. The van der Waals surface area contributed by atoms with Gasteiger partial charge in [0, 0.05) is 36.4 Å². The number of carbonyl (C=O) groups excluding carboxylic acids is 1. The highest BCUT2D eigenvalue weighted by atomic mass is 16.2. The maximum Gasteiger partial charge on any atom is 0.275 e. The molecule has 0 saturated carbocycles. The lowest BCUT2D eigenvalue weighted by atomic mass is 10.1. The molecule has 2 heterocycles. The number of rotatable bonds is 7. The van der Waals surface area contributed by atoms with Crippen LogP contribution in [0.2, 0.25) is 0 Å². The van der Waals surface area contributed by atoms with Gasteiger partial charge in [0.1, 0.15) is 6.54 Å². The zero-order valence-electron chi connectivity index (χ0n) is 17.4. The van der Waals surface area contributed by atoms with Gasteiger partial charge in [-0.1, -0.05) is 36.4 Å². The van der Waals surface area contributed by atoms with Gasteiger partial charge in [-0.3, -0.25) is 14.6 Å². The molecule has 0 spiro atoms. The van der Waals surface area contributed by atoms with Crippen molar-refractivity contribution in [2.75, 3.05) is 11.4 Å². The summed E-state index contributed by atoms with van der Waals surface area (Å²) < 4.78 is 1.23. The monoisotopic (exact) mass is 423 g/mol. The Morgan fingerprint density at radius 3 is 2.38 bits per heavy atom. The molecule has 0 aliphatic heterocycles. The Labute approximate surface area is 185 Å². The molecule has 2 aromatic heterocycles. The minimum atomic E-state index is -0.319. The summed E-state index contributed by atoms with van der Waals surface area (Å²) in [5, 5.41) is 14.9. The molecule has 7 heteroatoms. The molecular formula is C25H21N5O2. The van der Waals surface area contributed by atoms with Gasteiger partial charge in [-0.25, -0.2) is 4.68 Å². The van der Waals surface area contributed by atoms with Crippen LogP contribution in [0, 0.1) is 11.3 Å². The fourth-order valence-corrected chi connectivity index (χ4v) is 3.62. The lowest BCUT2D eigenvalue weighted by Crippen LogP contribution is -2.38. The zero-order valence-corrected chi connectivity index (χ0v) is 17.4. The third-order valence-corrected chi connectivity index (χ3v) is 5.17. The molecule has 7 nitrogen and oxygen atoms in total. The first kappa shape index (κ1) is 20.9. The van der Waals surface area contributed by atoms with Gasteiger partial charge in [0.05, 0.1) is 23.6 Å². The first-order valence-electron chi connectivity index (χ1n) is 10.3. The second-order valence-electron chi connectivity index (χ2n) is 7.28. The predicted octanol–water partition coefficient (Wildman–Crippen LogP) is 3.33. The lowest BCUT2D eigenvalue weighted by Gasteiger charge is -2.22. The number of pyridine rings is 1. The Balaban J connectivity index is 1.72. The van der Waals surface area contributed by atoms with E-state index in [1.54, 1.807) is 36.7 Å². The molecule has 0 radical (unpaired) electrons. The van der Waals surface area contributed by atoms with Crippen molar-refractivity contribution in [3.05, 3.63) is 101 Å². The Morgan fingerprint density at radius 2 is 1.66 bits per heavy atom. The highest BCUT2D eigenvalue weighted by Crippen LogP contribution is 2.18. The van der Waals surface area contributed by atoms with E-state index in [1.165, 1.54) is 9.58 Å². The van der Waals surface area contributed by atoms with Crippen LogP contribution in [0.4, 0.5) is 5.69 Å². The summed E-state index contributed by atoms with van der Waals surface area (Å²) in [6.07, 6.45) is 4.12.